The van der Waals surface area contributed by atoms with Gasteiger partial charge < -0.3 is 9.47 Å². The molecule has 27 heavy (non-hydrogen) atoms. The highest BCUT2D eigenvalue weighted by molar-refractivity contribution is 9.10. The van der Waals surface area contributed by atoms with Crippen LogP contribution in [0.3, 0.4) is 0 Å². The molecule has 4 bridgehead atoms. The average molecular weight is 435 g/mol. The summed E-state index contributed by atoms with van der Waals surface area (Å²) in [7, 11) is 0. The minimum absolute atomic E-state index is 0.0845. The summed E-state index contributed by atoms with van der Waals surface area (Å²) < 4.78 is 10.8. The molecule has 7 heteroatoms. The Morgan fingerprint density at radius 2 is 1.81 bits per heavy atom. The van der Waals surface area contributed by atoms with E-state index in [2.05, 4.69) is 26.8 Å². The summed E-state index contributed by atoms with van der Waals surface area (Å²) in [6.45, 7) is 0.163. The number of halogens is 1. The van der Waals surface area contributed by atoms with E-state index in [9.17, 15) is 9.59 Å². The lowest BCUT2D eigenvalue weighted by Crippen LogP contribution is -2.54. The molecule has 5 aliphatic rings. The van der Waals surface area contributed by atoms with Crippen LogP contribution in [-0.4, -0.2) is 22.9 Å². The standard InChI is InChI=1S/C20H23BrN2O4/c21-20-7-12-3-13(8-20)6-19(5-12,10-20)9-17(24)22-23-18(25)14-1-2-15-16(4-14)27-11-26-15/h1-2,4,12-13H,3,5-11H2,(H,22,24)(H,23,25)/t12-,13-,19?,20?/m1/s1. The van der Waals surface area contributed by atoms with Crippen LogP contribution in [0.5, 0.6) is 11.5 Å². The predicted molar refractivity (Wildman–Crippen MR) is 102 cm³/mol. The largest absolute Gasteiger partial charge is 0.454 e. The van der Waals surface area contributed by atoms with Gasteiger partial charge in [0, 0.05) is 16.3 Å². The molecule has 4 aliphatic carbocycles. The number of alkyl halides is 1. The van der Waals surface area contributed by atoms with E-state index in [4.69, 9.17) is 9.47 Å². The first kappa shape index (κ1) is 17.3. The van der Waals surface area contributed by atoms with Crippen molar-refractivity contribution in [3.05, 3.63) is 23.8 Å². The van der Waals surface area contributed by atoms with Crippen molar-refractivity contribution in [3.63, 3.8) is 0 Å². The number of rotatable bonds is 3. The molecule has 2 N–H and O–H groups in total. The summed E-state index contributed by atoms with van der Waals surface area (Å²) in [5.41, 5.74) is 5.65. The monoisotopic (exact) mass is 434 g/mol. The fourth-order valence-electron chi connectivity index (χ4n) is 6.16. The molecular weight excluding hydrogens is 412 g/mol. The van der Waals surface area contributed by atoms with Gasteiger partial charge in [-0.05, 0) is 74.0 Å². The minimum atomic E-state index is -0.357. The van der Waals surface area contributed by atoms with Gasteiger partial charge in [0.05, 0.1) is 0 Å². The van der Waals surface area contributed by atoms with E-state index in [0.717, 1.165) is 31.1 Å². The molecule has 1 heterocycles. The zero-order chi connectivity index (χ0) is 18.6. The molecule has 2 atom stereocenters. The number of hydrogen-bond acceptors (Lipinski definition) is 4. The van der Waals surface area contributed by atoms with Crippen LogP contribution in [0, 0.1) is 17.3 Å². The predicted octanol–water partition coefficient (Wildman–Crippen LogP) is 3.30. The second kappa shape index (κ2) is 6.12. The molecule has 0 aromatic heterocycles. The van der Waals surface area contributed by atoms with Crippen LogP contribution < -0.4 is 20.3 Å². The zero-order valence-corrected chi connectivity index (χ0v) is 16.6. The van der Waals surface area contributed by atoms with Gasteiger partial charge in [0.15, 0.2) is 11.5 Å². The van der Waals surface area contributed by atoms with Crippen LogP contribution in [0.25, 0.3) is 0 Å². The van der Waals surface area contributed by atoms with Crippen molar-refractivity contribution in [2.75, 3.05) is 6.79 Å². The molecule has 4 saturated carbocycles. The molecule has 2 amide bonds. The van der Waals surface area contributed by atoms with E-state index in [0.29, 0.717) is 23.5 Å². The first-order valence-electron chi connectivity index (χ1n) is 9.60. The van der Waals surface area contributed by atoms with Crippen LogP contribution in [0.4, 0.5) is 0 Å². The maximum Gasteiger partial charge on any atom is 0.269 e. The Kier molecular flexibility index (Phi) is 3.93. The Morgan fingerprint density at radius 1 is 1.07 bits per heavy atom. The smallest absolute Gasteiger partial charge is 0.269 e. The lowest BCUT2D eigenvalue weighted by atomic mass is 9.48. The first-order valence-corrected chi connectivity index (χ1v) is 10.4. The third-order valence-electron chi connectivity index (χ3n) is 6.60. The average Bonchev–Trinajstić information content (AvgIpc) is 3.04. The van der Waals surface area contributed by atoms with Crippen molar-refractivity contribution in [3.8, 4) is 11.5 Å². The normalized spacial score (nSPS) is 35.1. The molecule has 1 aromatic carbocycles. The third-order valence-corrected chi connectivity index (χ3v) is 7.52. The number of benzene rings is 1. The SMILES string of the molecule is O=C(CC12C[C@H]3C[C@@H](CC(Br)(C3)C1)C2)NNC(=O)c1ccc2c(c1)OCO2. The van der Waals surface area contributed by atoms with Gasteiger partial charge >= 0.3 is 0 Å². The van der Waals surface area contributed by atoms with Gasteiger partial charge in [0.1, 0.15) is 0 Å². The van der Waals surface area contributed by atoms with Crippen molar-refractivity contribution in [1.82, 2.24) is 10.9 Å². The van der Waals surface area contributed by atoms with Crippen molar-refractivity contribution in [1.29, 1.82) is 0 Å². The molecule has 1 aromatic rings. The number of hydrazine groups is 1. The number of carbonyl (C=O) groups excluding carboxylic acids is 2. The second-order valence-corrected chi connectivity index (χ2v) is 10.5. The summed E-state index contributed by atoms with van der Waals surface area (Å²) in [4.78, 5) is 24.9. The topological polar surface area (TPSA) is 76.7 Å². The summed E-state index contributed by atoms with van der Waals surface area (Å²) in [6.07, 6.45) is 7.63. The van der Waals surface area contributed by atoms with E-state index >= 15 is 0 Å². The van der Waals surface area contributed by atoms with E-state index < -0.39 is 0 Å². The summed E-state index contributed by atoms with van der Waals surface area (Å²) in [5.74, 6) is 2.18. The maximum absolute atomic E-state index is 12.6. The molecule has 6 rings (SSSR count). The molecule has 6 nitrogen and oxygen atoms in total. The highest BCUT2D eigenvalue weighted by Gasteiger charge is 2.57. The van der Waals surface area contributed by atoms with Crippen LogP contribution in [0.15, 0.2) is 18.2 Å². The van der Waals surface area contributed by atoms with Crippen molar-refractivity contribution >= 4 is 27.7 Å². The van der Waals surface area contributed by atoms with Crippen molar-refractivity contribution in [2.24, 2.45) is 17.3 Å². The van der Waals surface area contributed by atoms with Crippen molar-refractivity contribution < 1.29 is 19.1 Å². The number of fused-ring (bicyclic) bond motifs is 1. The molecule has 0 radical (unpaired) electrons. The fourth-order valence-corrected chi connectivity index (χ4v) is 7.67. The quantitative estimate of drug-likeness (QED) is 0.565. The van der Waals surface area contributed by atoms with Gasteiger partial charge in [-0.25, -0.2) is 0 Å². The summed E-state index contributed by atoms with van der Waals surface area (Å²) >= 11 is 3.98. The number of ether oxygens (including phenoxy) is 2. The molecule has 0 unspecified atom stereocenters. The van der Waals surface area contributed by atoms with Crippen molar-refractivity contribution in [2.45, 2.75) is 49.3 Å². The molecule has 1 aliphatic heterocycles. The van der Waals surface area contributed by atoms with E-state index in [1.165, 1.54) is 19.3 Å². The molecule has 144 valence electrons. The van der Waals surface area contributed by atoms with Crippen LogP contribution in [-0.2, 0) is 4.79 Å². The molecule has 0 saturated heterocycles. The third kappa shape index (κ3) is 3.20. The Labute approximate surface area is 166 Å². The Balaban J connectivity index is 1.20. The summed E-state index contributed by atoms with van der Waals surface area (Å²) in [5, 5.41) is 0. The molecular formula is C20H23BrN2O4. The van der Waals surface area contributed by atoms with E-state index in [1.807, 2.05) is 0 Å². The summed E-state index contributed by atoms with van der Waals surface area (Å²) in [6, 6.07) is 4.98. The molecule has 4 fully saturated rings. The number of hydrogen-bond donors (Lipinski definition) is 2. The first-order chi connectivity index (χ1) is 12.9. The lowest BCUT2D eigenvalue weighted by Gasteiger charge is -2.60. The highest BCUT2D eigenvalue weighted by Crippen LogP contribution is 2.65. The van der Waals surface area contributed by atoms with E-state index in [1.54, 1.807) is 18.2 Å². The van der Waals surface area contributed by atoms with Gasteiger partial charge in [0.2, 0.25) is 12.7 Å². The highest BCUT2D eigenvalue weighted by atomic mass is 79.9. The van der Waals surface area contributed by atoms with E-state index in [-0.39, 0.29) is 28.3 Å². The fraction of sp³-hybridized carbons (Fsp3) is 0.600. The number of carbonyl (C=O) groups is 2. The van der Waals surface area contributed by atoms with Gasteiger partial charge in [-0.3, -0.25) is 20.4 Å². The zero-order valence-electron chi connectivity index (χ0n) is 15.1. The Morgan fingerprint density at radius 3 is 2.56 bits per heavy atom. The lowest BCUT2D eigenvalue weighted by molar-refractivity contribution is -0.128. The maximum atomic E-state index is 12.6. The van der Waals surface area contributed by atoms with Gasteiger partial charge in [-0.15, -0.1) is 0 Å². The number of amides is 2. The van der Waals surface area contributed by atoms with Crippen LogP contribution in [0.2, 0.25) is 0 Å². The minimum Gasteiger partial charge on any atom is -0.454 e. The van der Waals surface area contributed by atoms with Gasteiger partial charge in [-0.2, -0.15) is 0 Å². The Bertz CT molecular complexity index is 797. The van der Waals surface area contributed by atoms with Gasteiger partial charge in [-0.1, -0.05) is 15.9 Å². The van der Waals surface area contributed by atoms with Gasteiger partial charge in [0.25, 0.3) is 5.91 Å². The Hall–Kier alpha value is -1.76. The second-order valence-electron chi connectivity index (χ2n) is 8.86. The van der Waals surface area contributed by atoms with Crippen LogP contribution in [0.1, 0.15) is 55.3 Å². The molecule has 0 spiro atoms. The number of nitrogens with one attached hydrogen (secondary N) is 2. The van der Waals surface area contributed by atoms with Crippen LogP contribution >= 0.6 is 15.9 Å².